The van der Waals surface area contributed by atoms with E-state index in [0.717, 1.165) is 0 Å². The van der Waals surface area contributed by atoms with Gasteiger partial charge in [-0.2, -0.15) is 0 Å². The molecule has 0 spiro atoms. The number of aromatic hydroxyl groups is 1. The first-order chi connectivity index (χ1) is 8.44. The van der Waals surface area contributed by atoms with Gasteiger partial charge in [-0.05, 0) is 25.0 Å². The number of phenols is 1. The minimum absolute atomic E-state index is 0.00308. The van der Waals surface area contributed by atoms with Gasteiger partial charge in [-0.15, -0.1) is 0 Å². The van der Waals surface area contributed by atoms with E-state index in [2.05, 4.69) is 5.32 Å². The Morgan fingerprint density at radius 1 is 1.39 bits per heavy atom. The van der Waals surface area contributed by atoms with Crippen LogP contribution in [0.15, 0.2) is 24.3 Å². The average molecular weight is 253 g/mol. The van der Waals surface area contributed by atoms with Gasteiger partial charge in [0, 0.05) is 13.0 Å². The third-order valence-electron chi connectivity index (χ3n) is 2.62. The van der Waals surface area contributed by atoms with Gasteiger partial charge in [0.25, 0.3) is 0 Å². The summed E-state index contributed by atoms with van der Waals surface area (Å²) >= 11 is 0. The fourth-order valence-electron chi connectivity index (χ4n) is 1.40. The van der Waals surface area contributed by atoms with Gasteiger partial charge >= 0.3 is 0 Å². The Morgan fingerprint density at radius 3 is 2.67 bits per heavy atom. The molecule has 0 aliphatic rings. The van der Waals surface area contributed by atoms with Crippen molar-refractivity contribution in [2.24, 2.45) is 0 Å². The van der Waals surface area contributed by atoms with Gasteiger partial charge < -0.3 is 20.6 Å². The topological polar surface area (TPSA) is 89.8 Å². The highest BCUT2D eigenvalue weighted by Gasteiger charge is 2.19. The summed E-state index contributed by atoms with van der Waals surface area (Å²) < 4.78 is 0. The van der Waals surface area contributed by atoms with Crippen molar-refractivity contribution in [3.63, 3.8) is 0 Å². The Labute approximate surface area is 106 Å². The molecule has 0 aromatic heterocycles. The first kappa shape index (κ1) is 14.5. The number of nitrogens with one attached hydrogen (secondary N) is 1. The first-order valence-electron chi connectivity index (χ1n) is 5.81. The lowest BCUT2D eigenvalue weighted by Crippen LogP contribution is -2.43. The summed E-state index contributed by atoms with van der Waals surface area (Å²) in [7, 11) is 0. The average Bonchev–Trinajstić information content (AvgIpc) is 2.35. The Bertz CT molecular complexity index is 404. The maximum atomic E-state index is 11.5. The van der Waals surface area contributed by atoms with E-state index in [1.807, 2.05) is 0 Å². The Kier molecular flexibility index (Phi) is 5.12. The highest BCUT2D eigenvalue weighted by atomic mass is 16.3. The predicted molar refractivity (Wildman–Crippen MR) is 67.1 cm³/mol. The molecule has 0 aliphatic carbocycles. The number of aliphatic hydroxyl groups excluding tert-OH is 1. The molecule has 0 saturated heterocycles. The molecule has 100 valence electrons. The monoisotopic (exact) mass is 253 g/mol. The molecule has 4 N–H and O–H groups in total. The van der Waals surface area contributed by atoms with Crippen LogP contribution in [0, 0.1) is 0 Å². The number of aryl methyl sites for hydroxylation is 1. The zero-order valence-electron chi connectivity index (χ0n) is 10.4. The van der Waals surface area contributed by atoms with Gasteiger partial charge in [0.05, 0.1) is 6.61 Å². The second-order valence-corrected chi connectivity index (χ2v) is 4.56. The summed E-state index contributed by atoms with van der Waals surface area (Å²) in [5.74, 6) is -0.0559. The van der Waals surface area contributed by atoms with Crippen molar-refractivity contribution in [2.75, 3.05) is 13.2 Å². The number of phenolic OH excluding ortho intramolecular Hbond substituents is 1. The molecule has 1 unspecified atom stereocenters. The SMILES string of the molecule is CC(O)(CO)CNC(=O)CCc1ccccc1O. The maximum absolute atomic E-state index is 11.5. The van der Waals surface area contributed by atoms with Crippen LogP contribution in [0.2, 0.25) is 0 Å². The van der Waals surface area contributed by atoms with Crippen LogP contribution >= 0.6 is 0 Å². The standard InChI is InChI=1S/C13H19NO4/c1-13(18,9-15)8-14-12(17)7-6-10-4-2-3-5-11(10)16/h2-5,15-16,18H,6-9H2,1H3,(H,14,17). The van der Waals surface area contributed by atoms with Gasteiger partial charge in [0.1, 0.15) is 11.4 Å². The molecule has 0 radical (unpaired) electrons. The molecule has 1 aromatic rings. The number of hydrogen-bond donors (Lipinski definition) is 4. The van der Waals surface area contributed by atoms with Gasteiger partial charge in [0.15, 0.2) is 0 Å². The molecule has 1 rings (SSSR count). The number of carbonyl (C=O) groups is 1. The van der Waals surface area contributed by atoms with Gasteiger partial charge in [0.2, 0.25) is 5.91 Å². The summed E-state index contributed by atoms with van der Waals surface area (Å²) in [5, 5.41) is 30.4. The second-order valence-electron chi connectivity index (χ2n) is 4.56. The van der Waals surface area contributed by atoms with E-state index in [-0.39, 0.29) is 24.6 Å². The van der Waals surface area contributed by atoms with Gasteiger partial charge in [-0.3, -0.25) is 4.79 Å². The van der Waals surface area contributed by atoms with Crippen LogP contribution in [-0.4, -0.2) is 40.0 Å². The minimum Gasteiger partial charge on any atom is -0.508 e. The highest BCUT2D eigenvalue weighted by molar-refractivity contribution is 5.76. The smallest absolute Gasteiger partial charge is 0.220 e. The Balaban J connectivity index is 2.36. The number of para-hydroxylation sites is 1. The lowest BCUT2D eigenvalue weighted by atomic mass is 10.1. The van der Waals surface area contributed by atoms with Crippen LogP contribution in [-0.2, 0) is 11.2 Å². The number of amides is 1. The largest absolute Gasteiger partial charge is 0.508 e. The van der Waals surface area contributed by atoms with Crippen LogP contribution in [0.3, 0.4) is 0 Å². The molecule has 0 fully saturated rings. The van der Waals surface area contributed by atoms with E-state index >= 15 is 0 Å². The fraction of sp³-hybridized carbons (Fsp3) is 0.462. The third kappa shape index (κ3) is 4.73. The molecule has 18 heavy (non-hydrogen) atoms. The third-order valence-corrected chi connectivity index (χ3v) is 2.62. The number of rotatable bonds is 6. The Hall–Kier alpha value is -1.59. The number of aliphatic hydroxyl groups is 2. The van der Waals surface area contributed by atoms with Crippen molar-refractivity contribution in [3.8, 4) is 5.75 Å². The van der Waals surface area contributed by atoms with E-state index in [1.165, 1.54) is 6.92 Å². The summed E-state index contributed by atoms with van der Waals surface area (Å²) in [6.07, 6.45) is 0.652. The van der Waals surface area contributed by atoms with Crippen LogP contribution in [0.4, 0.5) is 0 Å². The molecule has 0 saturated carbocycles. The van der Waals surface area contributed by atoms with Crippen LogP contribution in [0.25, 0.3) is 0 Å². The van der Waals surface area contributed by atoms with Crippen molar-refractivity contribution in [2.45, 2.75) is 25.4 Å². The molecule has 0 aliphatic heterocycles. The molecule has 5 heteroatoms. The molecule has 1 aromatic carbocycles. The summed E-state index contributed by atoms with van der Waals surface area (Å²) in [6.45, 7) is 1.03. The predicted octanol–water partition coefficient (Wildman–Crippen LogP) is 0.184. The molecule has 0 bridgehead atoms. The molecular weight excluding hydrogens is 234 g/mol. The van der Waals surface area contributed by atoms with E-state index in [4.69, 9.17) is 5.11 Å². The van der Waals surface area contributed by atoms with E-state index in [0.29, 0.717) is 12.0 Å². The Morgan fingerprint density at radius 2 is 2.06 bits per heavy atom. The van der Waals surface area contributed by atoms with Crippen molar-refractivity contribution in [3.05, 3.63) is 29.8 Å². The van der Waals surface area contributed by atoms with Crippen LogP contribution in [0.5, 0.6) is 5.75 Å². The van der Waals surface area contributed by atoms with Crippen molar-refractivity contribution in [1.82, 2.24) is 5.32 Å². The van der Waals surface area contributed by atoms with E-state index in [9.17, 15) is 15.0 Å². The molecule has 1 amide bonds. The van der Waals surface area contributed by atoms with Gasteiger partial charge in [-0.25, -0.2) is 0 Å². The minimum atomic E-state index is -1.30. The second kappa shape index (κ2) is 6.37. The highest BCUT2D eigenvalue weighted by Crippen LogP contribution is 2.17. The maximum Gasteiger partial charge on any atom is 0.220 e. The summed E-state index contributed by atoms with van der Waals surface area (Å²) in [6, 6.07) is 6.84. The number of hydrogen-bond acceptors (Lipinski definition) is 4. The van der Waals surface area contributed by atoms with Crippen LogP contribution in [0.1, 0.15) is 18.9 Å². The lowest BCUT2D eigenvalue weighted by molar-refractivity contribution is -0.122. The van der Waals surface area contributed by atoms with E-state index in [1.54, 1.807) is 24.3 Å². The lowest BCUT2D eigenvalue weighted by Gasteiger charge is -2.20. The van der Waals surface area contributed by atoms with Crippen molar-refractivity contribution in [1.29, 1.82) is 0 Å². The zero-order valence-corrected chi connectivity index (χ0v) is 10.4. The fourth-order valence-corrected chi connectivity index (χ4v) is 1.40. The number of benzene rings is 1. The van der Waals surface area contributed by atoms with Crippen LogP contribution < -0.4 is 5.32 Å². The quantitative estimate of drug-likeness (QED) is 0.582. The zero-order chi connectivity index (χ0) is 13.6. The molecular formula is C13H19NO4. The molecule has 5 nitrogen and oxygen atoms in total. The van der Waals surface area contributed by atoms with Crippen molar-refractivity contribution >= 4 is 5.91 Å². The molecule has 0 heterocycles. The van der Waals surface area contributed by atoms with Gasteiger partial charge in [-0.1, -0.05) is 18.2 Å². The number of carbonyl (C=O) groups excluding carboxylic acids is 1. The molecule has 1 atom stereocenters. The summed E-state index contributed by atoms with van der Waals surface area (Å²) in [5.41, 5.74) is -0.591. The van der Waals surface area contributed by atoms with Crippen molar-refractivity contribution < 1.29 is 20.1 Å². The normalized spacial score (nSPS) is 13.9. The first-order valence-corrected chi connectivity index (χ1v) is 5.81. The summed E-state index contributed by atoms with van der Waals surface area (Å²) in [4.78, 5) is 11.5. The van der Waals surface area contributed by atoms with E-state index < -0.39 is 12.2 Å².